The highest BCUT2D eigenvalue weighted by Crippen LogP contribution is 2.23. The maximum Gasteiger partial charge on any atom is 0.345 e. The first-order valence-corrected chi connectivity index (χ1v) is 9.42. The smallest absolute Gasteiger partial charge is 0.345 e. The fourth-order valence-electron chi connectivity index (χ4n) is 2.31. The summed E-state index contributed by atoms with van der Waals surface area (Å²) >= 11 is 17.8. The van der Waals surface area contributed by atoms with Crippen LogP contribution in [-0.4, -0.2) is 18.1 Å². The Hall–Kier alpha value is -2.86. The molecule has 146 valence electrons. The van der Waals surface area contributed by atoms with Crippen LogP contribution in [0.15, 0.2) is 71.8 Å². The zero-order valence-electron chi connectivity index (χ0n) is 14.7. The van der Waals surface area contributed by atoms with Crippen molar-refractivity contribution in [2.24, 2.45) is 5.10 Å². The largest absolute Gasteiger partial charge is 0.423 e. The van der Waals surface area contributed by atoms with E-state index in [0.29, 0.717) is 26.9 Å². The van der Waals surface area contributed by atoms with Gasteiger partial charge in [0.1, 0.15) is 5.75 Å². The Labute approximate surface area is 181 Å². The predicted molar refractivity (Wildman–Crippen MR) is 114 cm³/mol. The van der Waals surface area contributed by atoms with E-state index in [1.165, 1.54) is 18.3 Å². The van der Waals surface area contributed by atoms with Crippen LogP contribution in [0.1, 0.15) is 26.3 Å². The Morgan fingerprint density at radius 3 is 2.28 bits per heavy atom. The van der Waals surface area contributed by atoms with Crippen molar-refractivity contribution in [3.63, 3.8) is 0 Å². The molecule has 0 aromatic heterocycles. The number of nitrogens with one attached hydrogen (secondary N) is 1. The summed E-state index contributed by atoms with van der Waals surface area (Å²) in [7, 11) is 0. The molecule has 0 fully saturated rings. The lowest BCUT2D eigenvalue weighted by Crippen LogP contribution is -2.17. The molecule has 0 bridgehead atoms. The fourth-order valence-corrected chi connectivity index (χ4v) is 3.02. The minimum atomic E-state index is -0.597. The number of benzene rings is 3. The molecule has 0 atom stereocenters. The van der Waals surface area contributed by atoms with Crippen molar-refractivity contribution in [1.29, 1.82) is 0 Å². The first-order chi connectivity index (χ1) is 13.9. The van der Waals surface area contributed by atoms with E-state index in [2.05, 4.69) is 10.5 Å². The molecule has 1 amide bonds. The van der Waals surface area contributed by atoms with Crippen LogP contribution in [0.3, 0.4) is 0 Å². The number of hydrogen-bond acceptors (Lipinski definition) is 4. The first kappa shape index (κ1) is 20.9. The number of rotatable bonds is 5. The molecule has 0 aliphatic rings. The van der Waals surface area contributed by atoms with Crippen molar-refractivity contribution in [3.05, 3.63) is 98.5 Å². The van der Waals surface area contributed by atoms with E-state index < -0.39 is 11.9 Å². The molecule has 0 saturated heterocycles. The highest BCUT2D eigenvalue weighted by molar-refractivity contribution is 6.36. The van der Waals surface area contributed by atoms with Crippen LogP contribution in [-0.2, 0) is 0 Å². The quantitative estimate of drug-likeness (QED) is 0.238. The molecular formula is C21H13Cl3N2O3. The number of halogens is 3. The van der Waals surface area contributed by atoms with E-state index in [-0.39, 0.29) is 10.6 Å². The van der Waals surface area contributed by atoms with Gasteiger partial charge in [0.15, 0.2) is 0 Å². The summed E-state index contributed by atoms with van der Waals surface area (Å²) in [4.78, 5) is 24.2. The predicted octanol–water partition coefficient (Wildman–Crippen LogP) is 5.63. The molecule has 0 aliphatic heterocycles. The highest BCUT2D eigenvalue weighted by atomic mass is 35.5. The van der Waals surface area contributed by atoms with Gasteiger partial charge in [-0.15, -0.1) is 0 Å². The summed E-state index contributed by atoms with van der Waals surface area (Å²) < 4.78 is 5.29. The molecule has 3 aromatic carbocycles. The number of hydrogen-bond donors (Lipinski definition) is 1. The van der Waals surface area contributed by atoms with Crippen molar-refractivity contribution < 1.29 is 14.3 Å². The van der Waals surface area contributed by atoms with Crippen LogP contribution >= 0.6 is 34.8 Å². The molecule has 1 N–H and O–H groups in total. The van der Waals surface area contributed by atoms with Gasteiger partial charge in [0, 0.05) is 5.02 Å². The Balaban J connectivity index is 1.60. The fraction of sp³-hybridized carbons (Fsp3) is 0. The zero-order chi connectivity index (χ0) is 20.8. The Morgan fingerprint density at radius 2 is 1.59 bits per heavy atom. The number of amides is 1. The topological polar surface area (TPSA) is 67.8 Å². The van der Waals surface area contributed by atoms with Gasteiger partial charge in [-0.25, -0.2) is 10.2 Å². The van der Waals surface area contributed by atoms with Crippen molar-refractivity contribution >= 4 is 52.9 Å². The third-order valence-electron chi connectivity index (χ3n) is 3.74. The molecule has 0 radical (unpaired) electrons. The standard InChI is InChI=1S/C21H13Cl3N2O3/c22-14-7-10-17(19(24)11-14)21(28)29-15-8-5-13(6-9-15)12-25-26-20(27)16-3-1-2-4-18(16)23/h1-12H,(H,26,27)/b25-12+. The molecular weight excluding hydrogens is 435 g/mol. The second-order valence-corrected chi connectivity index (χ2v) is 7.01. The molecule has 5 nitrogen and oxygen atoms in total. The van der Waals surface area contributed by atoms with Gasteiger partial charge >= 0.3 is 5.97 Å². The van der Waals surface area contributed by atoms with E-state index in [9.17, 15) is 9.59 Å². The summed E-state index contributed by atoms with van der Waals surface area (Å²) in [5.41, 5.74) is 3.63. The van der Waals surface area contributed by atoms with Crippen LogP contribution in [0, 0.1) is 0 Å². The maximum atomic E-state index is 12.2. The van der Waals surface area contributed by atoms with Crippen molar-refractivity contribution in [1.82, 2.24) is 5.43 Å². The van der Waals surface area contributed by atoms with Gasteiger partial charge in [-0.1, -0.05) is 46.9 Å². The summed E-state index contributed by atoms with van der Waals surface area (Å²) in [5, 5.41) is 4.87. The molecule has 0 saturated carbocycles. The second-order valence-electron chi connectivity index (χ2n) is 5.76. The highest BCUT2D eigenvalue weighted by Gasteiger charge is 2.13. The van der Waals surface area contributed by atoms with E-state index in [0.717, 1.165) is 0 Å². The lowest BCUT2D eigenvalue weighted by Gasteiger charge is -2.06. The number of nitrogens with zero attached hydrogens (tertiary/aromatic N) is 1. The van der Waals surface area contributed by atoms with Gasteiger partial charge in [-0.05, 0) is 60.2 Å². The summed E-state index contributed by atoms with van der Waals surface area (Å²) in [6.07, 6.45) is 1.45. The second kappa shape index (κ2) is 9.56. The summed E-state index contributed by atoms with van der Waals surface area (Å²) in [6.45, 7) is 0. The van der Waals surface area contributed by atoms with Gasteiger partial charge in [0.25, 0.3) is 5.91 Å². The van der Waals surface area contributed by atoms with Gasteiger partial charge < -0.3 is 4.74 Å². The van der Waals surface area contributed by atoms with Crippen LogP contribution in [0.2, 0.25) is 15.1 Å². The molecule has 3 rings (SSSR count). The van der Waals surface area contributed by atoms with E-state index >= 15 is 0 Å². The van der Waals surface area contributed by atoms with Crippen molar-refractivity contribution in [2.45, 2.75) is 0 Å². The van der Waals surface area contributed by atoms with E-state index in [4.69, 9.17) is 39.5 Å². The molecule has 8 heteroatoms. The lowest BCUT2D eigenvalue weighted by molar-refractivity contribution is 0.0734. The number of hydrazone groups is 1. The Bertz CT molecular complexity index is 1080. The lowest BCUT2D eigenvalue weighted by atomic mass is 10.2. The maximum absolute atomic E-state index is 12.2. The van der Waals surface area contributed by atoms with Gasteiger partial charge in [0.05, 0.1) is 27.4 Å². The number of carbonyl (C=O) groups is 2. The first-order valence-electron chi connectivity index (χ1n) is 8.29. The normalized spacial score (nSPS) is 10.7. The van der Waals surface area contributed by atoms with Crippen LogP contribution in [0.5, 0.6) is 5.75 Å². The number of carbonyl (C=O) groups excluding carboxylic acids is 2. The van der Waals surface area contributed by atoms with Gasteiger partial charge in [-0.2, -0.15) is 5.10 Å². The minimum Gasteiger partial charge on any atom is -0.423 e. The molecule has 3 aromatic rings. The summed E-state index contributed by atoms with van der Waals surface area (Å²) in [5.74, 6) is -0.685. The summed E-state index contributed by atoms with van der Waals surface area (Å²) in [6, 6.07) is 17.7. The molecule has 29 heavy (non-hydrogen) atoms. The Morgan fingerprint density at radius 1 is 0.862 bits per heavy atom. The molecule has 0 aliphatic carbocycles. The SMILES string of the molecule is O=C(N/N=C/c1ccc(OC(=O)c2ccc(Cl)cc2Cl)cc1)c1ccccc1Cl. The molecule has 0 unspecified atom stereocenters. The molecule has 0 heterocycles. The van der Waals surface area contributed by atoms with Crippen molar-refractivity contribution in [3.8, 4) is 5.75 Å². The zero-order valence-corrected chi connectivity index (χ0v) is 17.0. The third kappa shape index (κ3) is 5.57. The van der Waals surface area contributed by atoms with Crippen molar-refractivity contribution in [2.75, 3.05) is 0 Å². The Kier molecular flexibility index (Phi) is 6.88. The number of esters is 1. The number of ether oxygens (including phenoxy) is 1. The third-order valence-corrected chi connectivity index (χ3v) is 4.62. The van der Waals surface area contributed by atoms with Crippen LogP contribution in [0.25, 0.3) is 0 Å². The average molecular weight is 448 g/mol. The molecule has 0 spiro atoms. The minimum absolute atomic E-state index is 0.209. The van der Waals surface area contributed by atoms with Gasteiger partial charge in [-0.3, -0.25) is 4.79 Å². The monoisotopic (exact) mass is 446 g/mol. The van der Waals surface area contributed by atoms with Crippen LogP contribution < -0.4 is 10.2 Å². The van der Waals surface area contributed by atoms with Gasteiger partial charge in [0.2, 0.25) is 0 Å². The van der Waals surface area contributed by atoms with Crippen LogP contribution in [0.4, 0.5) is 0 Å². The van der Waals surface area contributed by atoms with E-state index in [1.807, 2.05) is 0 Å². The average Bonchev–Trinajstić information content (AvgIpc) is 2.69. The van der Waals surface area contributed by atoms with E-state index in [1.54, 1.807) is 54.6 Å².